The highest BCUT2D eigenvalue weighted by atomic mass is 16.5. The Morgan fingerprint density at radius 2 is 2.20 bits per heavy atom. The minimum Gasteiger partial charge on any atom is -0.469 e. The van der Waals surface area contributed by atoms with Gasteiger partial charge in [-0.15, -0.1) is 0 Å². The first-order valence-corrected chi connectivity index (χ1v) is 5.60. The molecule has 1 rings (SSSR count). The van der Waals surface area contributed by atoms with Crippen LogP contribution in [0, 0.1) is 5.92 Å². The molecule has 0 spiro atoms. The zero-order valence-electron chi connectivity index (χ0n) is 9.62. The van der Waals surface area contributed by atoms with Gasteiger partial charge in [-0.05, 0) is 32.2 Å². The highest BCUT2D eigenvalue weighted by Crippen LogP contribution is 2.13. The van der Waals surface area contributed by atoms with Crippen molar-refractivity contribution in [3.63, 3.8) is 0 Å². The van der Waals surface area contributed by atoms with E-state index < -0.39 is 0 Å². The lowest BCUT2D eigenvalue weighted by Crippen LogP contribution is -2.35. The monoisotopic (exact) mass is 215 g/mol. The molecule has 0 aromatic heterocycles. The van der Waals surface area contributed by atoms with Crippen LogP contribution in [0.25, 0.3) is 0 Å². The first-order chi connectivity index (χ1) is 7.22. The Morgan fingerprint density at radius 1 is 1.53 bits per heavy atom. The van der Waals surface area contributed by atoms with E-state index in [-0.39, 0.29) is 12.0 Å². The first-order valence-electron chi connectivity index (χ1n) is 5.60. The van der Waals surface area contributed by atoms with E-state index in [9.17, 15) is 4.79 Å². The van der Waals surface area contributed by atoms with Crippen LogP contribution in [0.15, 0.2) is 0 Å². The Labute approximate surface area is 91.3 Å². The second-order valence-corrected chi connectivity index (χ2v) is 4.15. The summed E-state index contributed by atoms with van der Waals surface area (Å²) in [6.45, 7) is 4.73. The first kappa shape index (κ1) is 12.5. The van der Waals surface area contributed by atoms with E-state index in [4.69, 9.17) is 4.74 Å². The molecule has 1 fully saturated rings. The third-order valence-corrected chi connectivity index (χ3v) is 2.80. The molecular weight excluding hydrogens is 194 g/mol. The van der Waals surface area contributed by atoms with Crippen LogP contribution < -0.4 is 5.32 Å². The molecule has 0 saturated carbocycles. The smallest absolute Gasteiger partial charge is 0.307 e. The molecule has 1 N–H and O–H groups in total. The van der Waals surface area contributed by atoms with Gasteiger partial charge in [0.15, 0.2) is 0 Å². The highest BCUT2D eigenvalue weighted by molar-refractivity contribution is 5.69. The van der Waals surface area contributed by atoms with Gasteiger partial charge >= 0.3 is 5.97 Å². The maximum Gasteiger partial charge on any atom is 0.307 e. The summed E-state index contributed by atoms with van der Waals surface area (Å²) in [6, 6.07) is 0.195. The lowest BCUT2D eigenvalue weighted by molar-refractivity contribution is -0.141. The Hall–Kier alpha value is -0.610. The minimum atomic E-state index is -0.151. The van der Waals surface area contributed by atoms with E-state index in [0.717, 1.165) is 32.6 Å². The molecule has 0 amide bonds. The Morgan fingerprint density at radius 3 is 2.80 bits per heavy atom. The Balaban J connectivity index is 2.09. The quantitative estimate of drug-likeness (QED) is 0.694. The molecule has 1 unspecified atom stereocenters. The summed E-state index contributed by atoms with van der Waals surface area (Å²) in [5.41, 5.74) is 0. The molecule has 0 bridgehead atoms. The molecule has 0 aromatic carbocycles. The van der Waals surface area contributed by atoms with Crippen LogP contribution in [-0.4, -0.2) is 38.9 Å². The number of ether oxygens (including phenoxy) is 2. The van der Waals surface area contributed by atoms with Gasteiger partial charge in [-0.3, -0.25) is 4.79 Å². The van der Waals surface area contributed by atoms with Crippen molar-refractivity contribution in [1.82, 2.24) is 5.32 Å². The number of esters is 1. The summed E-state index contributed by atoms with van der Waals surface area (Å²) in [6.07, 6.45) is 2.69. The van der Waals surface area contributed by atoms with Crippen LogP contribution in [0.2, 0.25) is 0 Å². The van der Waals surface area contributed by atoms with Gasteiger partial charge in [0, 0.05) is 19.3 Å². The van der Waals surface area contributed by atoms with Crippen molar-refractivity contribution in [2.75, 3.05) is 26.9 Å². The van der Waals surface area contributed by atoms with E-state index >= 15 is 0 Å². The normalized spacial score (nSPS) is 19.9. The third kappa shape index (κ3) is 5.14. The number of carbonyl (C=O) groups is 1. The van der Waals surface area contributed by atoms with Crippen LogP contribution in [0.4, 0.5) is 0 Å². The van der Waals surface area contributed by atoms with Gasteiger partial charge in [0.25, 0.3) is 0 Å². The van der Waals surface area contributed by atoms with E-state index in [2.05, 4.69) is 10.1 Å². The molecule has 1 atom stereocenters. The standard InChI is InChI=1S/C11H21NO3/c1-9(7-11(13)14-2)12-8-10-3-5-15-6-4-10/h9-10,12H,3-8H2,1-2H3. The van der Waals surface area contributed by atoms with Crippen molar-refractivity contribution in [2.45, 2.75) is 32.2 Å². The largest absolute Gasteiger partial charge is 0.469 e. The van der Waals surface area contributed by atoms with Gasteiger partial charge in [0.2, 0.25) is 0 Å². The van der Waals surface area contributed by atoms with Crippen molar-refractivity contribution < 1.29 is 14.3 Å². The van der Waals surface area contributed by atoms with Crippen LogP contribution in [0.3, 0.4) is 0 Å². The van der Waals surface area contributed by atoms with Crippen LogP contribution >= 0.6 is 0 Å². The molecule has 1 heterocycles. The SMILES string of the molecule is COC(=O)CC(C)NCC1CCOCC1. The molecule has 15 heavy (non-hydrogen) atoms. The third-order valence-electron chi connectivity index (χ3n) is 2.80. The average molecular weight is 215 g/mol. The van der Waals surface area contributed by atoms with Gasteiger partial charge in [0.1, 0.15) is 0 Å². The molecular formula is C11H21NO3. The van der Waals surface area contributed by atoms with E-state index in [1.165, 1.54) is 7.11 Å². The summed E-state index contributed by atoms with van der Waals surface area (Å²) in [5.74, 6) is 0.542. The van der Waals surface area contributed by atoms with Crippen molar-refractivity contribution in [3.05, 3.63) is 0 Å². The zero-order chi connectivity index (χ0) is 11.1. The van der Waals surface area contributed by atoms with Gasteiger partial charge in [0.05, 0.1) is 13.5 Å². The predicted octanol–water partition coefficient (Wildman–Crippen LogP) is 0.954. The summed E-state index contributed by atoms with van der Waals surface area (Å²) in [7, 11) is 1.42. The lowest BCUT2D eigenvalue weighted by Gasteiger charge is -2.24. The molecule has 4 heteroatoms. The molecule has 4 nitrogen and oxygen atoms in total. The second kappa shape index (κ2) is 6.80. The van der Waals surface area contributed by atoms with Crippen molar-refractivity contribution in [3.8, 4) is 0 Å². The summed E-state index contributed by atoms with van der Waals surface area (Å²) < 4.78 is 9.90. The minimum absolute atomic E-state index is 0.151. The van der Waals surface area contributed by atoms with E-state index in [1.807, 2.05) is 6.92 Å². The highest BCUT2D eigenvalue weighted by Gasteiger charge is 2.15. The van der Waals surface area contributed by atoms with Crippen molar-refractivity contribution in [2.24, 2.45) is 5.92 Å². The number of hydrogen-bond acceptors (Lipinski definition) is 4. The Bertz CT molecular complexity index is 190. The number of rotatable bonds is 5. The molecule has 0 aliphatic carbocycles. The number of methoxy groups -OCH3 is 1. The fourth-order valence-electron chi connectivity index (χ4n) is 1.72. The van der Waals surface area contributed by atoms with Crippen molar-refractivity contribution in [1.29, 1.82) is 0 Å². The number of hydrogen-bond donors (Lipinski definition) is 1. The summed E-state index contributed by atoms with van der Waals surface area (Å²) in [5, 5.41) is 3.36. The topological polar surface area (TPSA) is 47.6 Å². The fraction of sp³-hybridized carbons (Fsp3) is 0.909. The van der Waals surface area contributed by atoms with E-state index in [1.54, 1.807) is 0 Å². The van der Waals surface area contributed by atoms with Gasteiger partial charge in [-0.2, -0.15) is 0 Å². The fourth-order valence-corrected chi connectivity index (χ4v) is 1.72. The Kier molecular flexibility index (Phi) is 5.65. The molecule has 0 radical (unpaired) electrons. The van der Waals surface area contributed by atoms with Crippen LogP contribution in [-0.2, 0) is 14.3 Å². The molecule has 1 saturated heterocycles. The predicted molar refractivity (Wildman–Crippen MR) is 57.6 cm³/mol. The van der Waals surface area contributed by atoms with Crippen LogP contribution in [0.1, 0.15) is 26.2 Å². The molecule has 0 aromatic rings. The number of carbonyl (C=O) groups excluding carboxylic acids is 1. The lowest BCUT2D eigenvalue weighted by atomic mass is 10.00. The summed E-state index contributed by atoms with van der Waals surface area (Å²) >= 11 is 0. The van der Waals surface area contributed by atoms with Gasteiger partial charge in [-0.25, -0.2) is 0 Å². The van der Waals surface area contributed by atoms with Crippen molar-refractivity contribution >= 4 is 5.97 Å². The molecule has 1 aliphatic heterocycles. The van der Waals surface area contributed by atoms with E-state index in [0.29, 0.717) is 12.3 Å². The van der Waals surface area contributed by atoms with Crippen LogP contribution in [0.5, 0.6) is 0 Å². The van der Waals surface area contributed by atoms with Gasteiger partial charge in [-0.1, -0.05) is 0 Å². The second-order valence-electron chi connectivity index (χ2n) is 4.15. The molecule has 88 valence electrons. The van der Waals surface area contributed by atoms with Gasteiger partial charge < -0.3 is 14.8 Å². The molecule has 1 aliphatic rings. The maximum absolute atomic E-state index is 11.0. The average Bonchev–Trinajstić information content (AvgIpc) is 2.27. The zero-order valence-corrected chi connectivity index (χ0v) is 9.62. The summed E-state index contributed by atoms with van der Waals surface area (Å²) in [4.78, 5) is 11.0. The number of nitrogens with one attached hydrogen (secondary N) is 1. The maximum atomic E-state index is 11.0.